The quantitative estimate of drug-likeness (QED) is 0.698. The molecule has 0 unspecified atom stereocenters. The van der Waals surface area contributed by atoms with Gasteiger partial charge in [-0.1, -0.05) is 48.5 Å². The third-order valence-corrected chi connectivity index (χ3v) is 5.49. The molecular weight excluding hydrogens is 340 g/mol. The maximum Gasteiger partial charge on any atom is 0.243 e. The Hall–Kier alpha value is -2.22. The standard InChI is InChI=1S/C18H22N2O4S/c21-14-12-19-18(22)15-20(13-11-16-7-3-1-4-8-16)25(23,24)17-9-5-2-6-10-17/h1-10,21H,11-15H2,(H,19,22). The van der Waals surface area contributed by atoms with E-state index in [9.17, 15) is 13.2 Å². The normalized spacial score (nSPS) is 11.4. The van der Waals surface area contributed by atoms with Crippen LogP contribution in [0, 0.1) is 0 Å². The molecule has 2 aromatic carbocycles. The molecule has 7 heteroatoms. The van der Waals surface area contributed by atoms with Crippen LogP contribution in [0.15, 0.2) is 65.6 Å². The van der Waals surface area contributed by atoms with Crippen LogP contribution < -0.4 is 5.32 Å². The van der Waals surface area contributed by atoms with Crippen LogP contribution in [0.3, 0.4) is 0 Å². The fourth-order valence-electron chi connectivity index (χ4n) is 2.34. The molecule has 0 heterocycles. The van der Waals surface area contributed by atoms with Crippen molar-refractivity contribution in [2.45, 2.75) is 11.3 Å². The zero-order valence-corrected chi connectivity index (χ0v) is 14.7. The number of aliphatic hydroxyl groups excluding tert-OH is 1. The number of benzene rings is 2. The Labute approximate surface area is 148 Å². The number of carbonyl (C=O) groups is 1. The highest BCUT2D eigenvalue weighted by Crippen LogP contribution is 2.16. The van der Waals surface area contributed by atoms with E-state index in [1.54, 1.807) is 18.2 Å². The molecule has 0 saturated heterocycles. The van der Waals surface area contributed by atoms with Gasteiger partial charge in [-0.2, -0.15) is 4.31 Å². The predicted molar refractivity (Wildman–Crippen MR) is 95.4 cm³/mol. The van der Waals surface area contributed by atoms with Crippen molar-refractivity contribution >= 4 is 15.9 Å². The molecule has 0 aliphatic carbocycles. The van der Waals surface area contributed by atoms with E-state index in [-0.39, 0.29) is 31.1 Å². The molecule has 0 aliphatic rings. The number of nitrogens with one attached hydrogen (secondary N) is 1. The van der Waals surface area contributed by atoms with Crippen LogP contribution in [-0.4, -0.2) is 50.0 Å². The molecular formula is C18H22N2O4S. The fraction of sp³-hybridized carbons (Fsp3) is 0.278. The summed E-state index contributed by atoms with van der Waals surface area (Å²) >= 11 is 0. The molecule has 134 valence electrons. The minimum Gasteiger partial charge on any atom is -0.395 e. The summed E-state index contributed by atoms with van der Waals surface area (Å²) in [5.74, 6) is -0.443. The highest BCUT2D eigenvalue weighted by Gasteiger charge is 2.26. The maximum absolute atomic E-state index is 12.9. The zero-order chi connectivity index (χ0) is 18.1. The van der Waals surface area contributed by atoms with Gasteiger partial charge in [-0.05, 0) is 24.1 Å². The molecule has 0 aliphatic heterocycles. The van der Waals surface area contributed by atoms with Gasteiger partial charge < -0.3 is 10.4 Å². The SMILES string of the molecule is O=C(CN(CCc1ccccc1)S(=O)(=O)c1ccccc1)NCCO. The zero-order valence-electron chi connectivity index (χ0n) is 13.8. The third-order valence-electron chi connectivity index (χ3n) is 3.63. The molecule has 0 aromatic heterocycles. The average molecular weight is 362 g/mol. The first-order valence-electron chi connectivity index (χ1n) is 8.00. The number of aliphatic hydroxyl groups is 1. The van der Waals surface area contributed by atoms with Crippen LogP contribution in [0.5, 0.6) is 0 Å². The van der Waals surface area contributed by atoms with Gasteiger partial charge in [-0.15, -0.1) is 0 Å². The first kappa shape index (κ1) is 19.1. The van der Waals surface area contributed by atoms with Crippen LogP contribution in [0.2, 0.25) is 0 Å². The van der Waals surface area contributed by atoms with Crippen molar-refractivity contribution in [1.82, 2.24) is 9.62 Å². The molecule has 0 saturated carbocycles. The largest absolute Gasteiger partial charge is 0.395 e. The Morgan fingerprint density at radius 2 is 1.60 bits per heavy atom. The molecule has 6 nitrogen and oxygen atoms in total. The lowest BCUT2D eigenvalue weighted by molar-refractivity contribution is -0.121. The van der Waals surface area contributed by atoms with Crippen molar-refractivity contribution in [3.63, 3.8) is 0 Å². The van der Waals surface area contributed by atoms with Gasteiger partial charge in [0.25, 0.3) is 0 Å². The number of hydrogen-bond acceptors (Lipinski definition) is 4. The van der Waals surface area contributed by atoms with Gasteiger partial charge in [0.2, 0.25) is 15.9 Å². The lowest BCUT2D eigenvalue weighted by atomic mass is 10.1. The van der Waals surface area contributed by atoms with Gasteiger partial charge in [-0.25, -0.2) is 8.42 Å². The van der Waals surface area contributed by atoms with E-state index in [1.807, 2.05) is 30.3 Å². The number of amides is 1. The second-order valence-corrected chi connectivity index (χ2v) is 7.40. The Kier molecular flexibility index (Phi) is 7.12. The third kappa shape index (κ3) is 5.67. The lowest BCUT2D eigenvalue weighted by Crippen LogP contribution is -2.42. The van der Waals surface area contributed by atoms with Gasteiger partial charge >= 0.3 is 0 Å². The molecule has 0 fully saturated rings. The van der Waals surface area contributed by atoms with Crippen molar-refractivity contribution < 1.29 is 18.3 Å². The first-order valence-corrected chi connectivity index (χ1v) is 9.44. The Balaban J connectivity index is 2.17. The van der Waals surface area contributed by atoms with E-state index >= 15 is 0 Å². The number of rotatable bonds is 9. The topological polar surface area (TPSA) is 86.7 Å². The summed E-state index contributed by atoms with van der Waals surface area (Å²) in [5.41, 5.74) is 0.992. The molecule has 2 rings (SSSR count). The Bertz CT molecular complexity index is 764. The summed E-state index contributed by atoms with van der Waals surface area (Å²) in [6, 6.07) is 17.6. The Morgan fingerprint density at radius 3 is 2.20 bits per heavy atom. The van der Waals surface area contributed by atoms with Crippen molar-refractivity contribution in [2.75, 3.05) is 26.2 Å². The van der Waals surface area contributed by atoms with E-state index in [0.717, 1.165) is 5.56 Å². The van der Waals surface area contributed by atoms with Crippen LogP contribution in [0.25, 0.3) is 0 Å². The number of nitrogens with zero attached hydrogens (tertiary/aromatic N) is 1. The smallest absolute Gasteiger partial charge is 0.243 e. The molecule has 0 spiro atoms. The molecule has 0 atom stereocenters. The summed E-state index contributed by atoms with van der Waals surface area (Å²) in [6.07, 6.45) is 0.500. The lowest BCUT2D eigenvalue weighted by Gasteiger charge is -2.22. The molecule has 25 heavy (non-hydrogen) atoms. The first-order chi connectivity index (χ1) is 12.0. The second-order valence-electron chi connectivity index (χ2n) is 5.46. The van der Waals surface area contributed by atoms with Crippen LogP contribution in [0.1, 0.15) is 5.56 Å². The number of sulfonamides is 1. The summed E-state index contributed by atoms with van der Waals surface area (Å²) in [5, 5.41) is 11.3. The van der Waals surface area contributed by atoms with Crippen molar-refractivity contribution in [3.8, 4) is 0 Å². The van der Waals surface area contributed by atoms with Gasteiger partial charge in [-0.3, -0.25) is 4.79 Å². The van der Waals surface area contributed by atoms with Crippen molar-refractivity contribution in [3.05, 3.63) is 66.2 Å². The Morgan fingerprint density at radius 1 is 1.00 bits per heavy atom. The van der Waals surface area contributed by atoms with E-state index < -0.39 is 15.9 Å². The summed E-state index contributed by atoms with van der Waals surface area (Å²) < 4.78 is 26.9. The van der Waals surface area contributed by atoms with Crippen LogP contribution >= 0.6 is 0 Å². The van der Waals surface area contributed by atoms with Gasteiger partial charge in [0.15, 0.2) is 0 Å². The average Bonchev–Trinajstić information content (AvgIpc) is 2.64. The maximum atomic E-state index is 12.9. The molecule has 2 aromatic rings. The summed E-state index contributed by atoms with van der Waals surface area (Å²) in [6.45, 7) is -0.199. The van der Waals surface area contributed by atoms with Crippen molar-refractivity contribution in [2.24, 2.45) is 0 Å². The molecule has 1 amide bonds. The number of carbonyl (C=O) groups excluding carboxylic acids is 1. The van der Waals surface area contributed by atoms with E-state index in [2.05, 4.69) is 5.32 Å². The van der Waals surface area contributed by atoms with Gasteiger partial charge in [0.05, 0.1) is 18.0 Å². The van der Waals surface area contributed by atoms with Gasteiger partial charge in [0.1, 0.15) is 0 Å². The highest BCUT2D eigenvalue weighted by atomic mass is 32.2. The molecule has 2 N–H and O–H groups in total. The van der Waals surface area contributed by atoms with E-state index in [1.165, 1.54) is 16.4 Å². The minimum absolute atomic E-state index is 0.0940. The monoisotopic (exact) mass is 362 g/mol. The minimum atomic E-state index is -3.78. The summed E-state index contributed by atoms with van der Waals surface area (Å²) in [4.78, 5) is 12.1. The van der Waals surface area contributed by atoms with Crippen LogP contribution in [0.4, 0.5) is 0 Å². The number of hydrogen-bond donors (Lipinski definition) is 2. The van der Waals surface area contributed by atoms with E-state index in [4.69, 9.17) is 5.11 Å². The van der Waals surface area contributed by atoms with Crippen molar-refractivity contribution in [1.29, 1.82) is 0 Å². The molecule has 0 bridgehead atoms. The highest BCUT2D eigenvalue weighted by molar-refractivity contribution is 7.89. The second kappa shape index (κ2) is 9.31. The molecule has 0 radical (unpaired) electrons. The van der Waals surface area contributed by atoms with Crippen LogP contribution in [-0.2, 0) is 21.2 Å². The fourth-order valence-corrected chi connectivity index (χ4v) is 3.75. The predicted octanol–water partition coefficient (Wildman–Crippen LogP) is 1.03. The van der Waals surface area contributed by atoms with E-state index in [0.29, 0.717) is 6.42 Å². The van der Waals surface area contributed by atoms with Gasteiger partial charge in [0, 0.05) is 13.1 Å². The summed E-state index contributed by atoms with van der Waals surface area (Å²) in [7, 11) is -3.78.